The minimum atomic E-state index is -0.712. The molecule has 0 aliphatic rings. The number of hydrogen-bond donors (Lipinski definition) is 1. The van der Waals surface area contributed by atoms with Crippen molar-refractivity contribution >= 4 is 40.9 Å². The van der Waals surface area contributed by atoms with Crippen molar-refractivity contribution in [1.29, 1.82) is 0 Å². The molecule has 1 amide bonds. The van der Waals surface area contributed by atoms with Crippen molar-refractivity contribution in [3.63, 3.8) is 0 Å². The van der Waals surface area contributed by atoms with Crippen molar-refractivity contribution in [2.75, 3.05) is 13.2 Å². The molecule has 2 aromatic rings. The second-order valence-corrected chi connectivity index (χ2v) is 6.51. The third kappa shape index (κ3) is 5.31. The summed E-state index contributed by atoms with van der Waals surface area (Å²) in [5.74, 6) is -1.52. The minimum absolute atomic E-state index is 0.240. The molecule has 0 aliphatic carbocycles. The lowest BCUT2D eigenvalue weighted by molar-refractivity contribution is -0.141. The monoisotopic (exact) mass is 393 g/mol. The lowest BCUT2D eigenvalue weighted by Gasteiger charge is -2.08. The number of Topliss-reactive ketones (excluding diaryl/α,β-unsaturated/α-hetero) is 1. The van der Waals surface area contributed by atoms with Crippen molar-refractivity contribution in [2.24, 2.45) is 0 Å². The van der Waals surface area contributed by atoms with Crippen LogP contribution >= 0.6 is 23.2 Å². The average molecular weight is 394 g/mol. The fraction of sp³-hybridized carbons (Fsp3) is 0.211. The molecule has 0 heterocycles. The molecule has 2 aromatic carbocycles. The Balaban J connectivity index is 1.82. The van der Waals surface area contributed by atoms with E-state index in [2.05, 4.69) is 5.32 Å². The van der Waals surface area contributed by atoms with Gasteiger partial charge in [0.1, 0.15) is 6.54 Å². The van der Waals surface area contributed by atoms with Crippen LogP contribution in [0.5, 0.6) is 0 Å². The van der Waals surface area contributed by atoms with Crippen LogP contribution in [0, 0.1) is 13.8 Å². The number of ether oxygens (including phenoxy) is 1. The predicted octanol–water partition coefficient (Wildman–Crippen LogP) is 3.77. The molecule has 26 heavy (non-hydrogen) atoms. The van der Waals surface area contributed by atoms with E-state index in [1.165, 1.54) is 18.2 Å². The van der Waals surface area contributed by atoms with Gasteiger partial charge in [0.25, 0.3) is 5.91 Å². The zero-order chi connectivity index (χ0) is 19.3. The Labute approximate surface area is 161 Å². The van der Waals surface area contributed by atoms with E-state index in [0.29, 0.717) is 10.6 Å². The second kappa shape index (κ2) is 8.83. The van der Waals surface area contributed by atoms with Crippen LogP contribution in [0.4, 0.5) is 0 Å². The third-order valence-corrected chi connectivity index (χ3v) is 4.51. The van der Waals surface area contributed by atoms with E-state index in [1.807, 2.05) is 19.9 Å². The van der Waals surface area contributed by atoms with E-state index >= 15 is 0 Å². The first-order chi connectivity index (χ1) is 12.3. The Morgan fingerprint density at radius 2 is 1.62 bits per heavy atom. The van der Waals surface area contributed by atoms with E-state index in [4.69, 9.17) is 27.9 Å². The number of aryl methyl sites for hydroxylation is 2. The van der Waals surface area contributed by atoms with Gasteiger partial charge in [0.05, 0.1) is 10.0 Å². The molecule has 136 valence electrons. The molecule has 0 spiro atoms. The number of nitrogens with one attached hydrogen (secondary N) is 1. The first-order valence-electron chi connectivity index (χ1n) is 7.77. The van der Waals surface area contributed by atoms with E-state index in [-0.39, 0.29) is 23.0 Å². The molecule has 2 rings (SSSR count). The van der Waals surface area contributed by atoms with Crippen LogP contribution < -0.4 is 5.32 Å². The first-order valence-corrected chi connectivity index (χ1v) is 8.53. The zero-order valence-corrected chi connectivity index (χ0v) is 15.8. The summed E-state index contributed by atoms with van der Waals surface area (Å²) < 4.78 is 4.88. The number of amides is 1. The molecule has 0 unspecified atom stereocenters. The van der Waals surface area contributed by atoms with E-state index in [1.54, 1.807) is 12.1 Å². The van der Waals surface area contributed by atoms with Gasteiger partial charge in [0.2, 0.25) is 0 Å². The Hall–Kier alpha value is -2.37. The minimum Gasteiger partial charge on any atom is -0.456 e. The largest absolute Gasteiger partial charge is 0.456 e. The van der Waals surface area contributed by atoms with Gasteiger partial charge < -0.3 is 10.1 Å². The second-order valence-electron chi connectivity index (χ2n) is 5.69. The Bertz CT molecular complexity index is 795. The molecule has 0 saturated carbocycles. The summed E-state index contributed by atoms with van der Waals surface area (Å²) in [6.45, 7) is 3.06. The van der Waals surface area contributed by atoms with Gasteiger partial charge in [0.15, 0.2) is 12.4 Å². The highest BCUT2D eigenvalue weighted by molar-refractivity contribution is 6.42. The summed E-state index contributed by atoms with van der Waals surface area (Å²) in [6, 6.07) is 9.63. The number of carbonyl (C=O) groups is 3. The average Bonchev–Trinajstić information content (AvgIpc) is 2.62. The van der Waals surface area contributed by atoms with Gasteiger partial charge in [-0.1, -0.05) is 29.3 Å². The van der Waals surface area contributed by atoms with Gasteiger partial charge in [-0.2, -0.15) is 0 Å². The highest BCUT2D eigenvalue weighted by atomic mass is 35.5. The number of carbonyl (C=O) groups excluding carboxylic acids is 3. The number of hydrogen-bond acceptors (Lipinski definition) is 4. The maximum Gasteiger partial charge on any atom is 0.325 e. The van der Waals surface area contributed by atoms with Gasteiger partial charge in [-0.15, -0.1) is 0 Å². The van der Waals surface area contributed by atoms with Crippen LogP contribution in [0.25, 0.3) is 0 Å². The number of halogens is 2. The van der Waals surface area contributed by atoms with Crippen molar-refractivity contribution in [3.05, 3.63) is 68.7 Å². The SMILES string of the molecule is Cc1ccc(C(=O)NCC(=O)OCC(=O)c2ccc(Cl)c(Cl)c2)cc1C. The fourth-order valence-electron chi connectivity index (χ4n) is 2.09. The Morgan fingerprint density at radius 3 is 2.27 bits per heavy atom. The van der Waals surface area contributed by atoms with Crippen molar-refractivity contribution < 1.29 is 19.1 Å². The molecule has 0 aliphatic heterocycles. The van der Waals surface area contributed by atoms with Crippen molar-refractivity contribution in [2.45, 2.75) is 13.8 Å². The summed E-state index contributed by atoms with van der Waals surface area (Å²) in [6.07, 6.45) is 0. The van der Waals surface area contributed by atoms with Crippen LogP contribution in [0.3, 0.4) is 0 Å². The quantitative estimate of drug-likeness (QED) is 0.598. The summed E-state index contributed by atoms with van der Waals surface area (Å²) in [5, 5.41) is 3.03. The predicted molar refractivity (Wildman–Crippen MR) is 100 cm³/mol. The number of ketones is 1. The molecule has 0 saturated heterocycles. The molecule has 0 atom stereocenters. The Morgan fingerprint density at radius 1 is 0.923 bits per heavy atom. The molecule has 0 bridgehead atoms. The molecule has 7 heteroatoms. The standard InChI is InChI=1S/C19H17Cl2NO4/c1-11-3-4-14(7-12(11)2)19(25)22-9-18(24)26-10-17(23)13-5-6-15(20)16(21)8-13/h3-8H,9-10H2,1-2H3,(H,22,25). The molecular formula is C19H17Cl2NO4. The molecule has 0 radical (unpaired) electrons. The van der Waals surface area contributed by atoms with Gasteiger partial charge in [-0.05, 0) is 55.3 Å². The first kappa shape index (κ1) is 19.9. The molecule has 1 N–H and O–H groups in total. The maximum atomic E-state index is 12.0. The van der Waals surface area contributed by atoms with Crippen LogP contribution in [-0.4, -0.2) is 30.8 Å². The molecule has 0 fully saturated rings. The fourth-order valence-corrected chi connectivity index (χ4v) is 2.39. The Kier molecular flexibility index (Phi) is 6.77. The van der Waals surface area contributed by atoms with E-state index in [0.717, 1.165) is 11.1 Å². The number of benzene rings is 2. The van der Waals surface area contributed by atoms with Crippen molar-refractivity contribution in [1.82, 2.24) is 5.32 Å². The van der Waals surface area contributed by atoms with E-state index < -0.39 is 18.4 Å². The van der Waals surface area contributed by atoms with Crippen LogP contribution in [0.1, 0.15) is 31.8 Å². The lowest BCUT2D eigenvalue weighted by Crippen LogP contribution is -2.31. The van der Waals surface area contributed by atoms with Crippen LogP contribution in [0.2, 0.25) is 10.0 Å². The topological polar surface area (TPSA) is 72.5 Å². The van der Waals surface area contributed by atoms with Crippen molar-refractivity contribution in [3.8, 4) is 0 Å². The molecule has 5 nitrogen and oxygen atoms in total. The summed E-state index contributed by atoms with van der Waals surface area (Å²) >= 11 is 11.6. The summed E-state index contributed by atoms with van der Waals surface area (Å²) in [4.78, 5) is 35.7. The highest BCUT2D eigenvalue weighted by Gasteiger charge is 2.13. The van der Waals surface area contributed by atoms with Gasteiger partial charge in [-0.25, -0.2) is 0 Å². The van der Waals surface area contributed by atoms with Gasteiger partial charge in [0, 0.05) is 11.1 Å². The smallest absolute Gasteiger partial charge is 0.325 e. The van der Waals surface area contributed by atoms with Gasteiger partial charge in [-0.3, -0.25) is 14.4 Å². The maximum absolute atomic E-state index is 12.0. The zero-order valence-electron chi connectivity index (χ0n) is 14.3. The number of esters is 1. The van der Waals surface area contributed by atoms with Crippen LogP contribution in [0.15, 0.2) is 36.4 Å². The normalized spacial score (nSPS) is 10.3. The third-order valence-electron chi connectivity index (χ3n) is 3.77. The van der Waals surface area contributed by atoms with E-state index in [9.17, 15) is 14.4 Å². The summed E-state index contributed by atoms with van der Waals surface area (Å²) in [5.41, 5.74) is 2.79. The van der Waals surface area contributed by atoms with Crippen LogP contribution in [-0.2, 0) is 9.53 Å². The molecular weight excluding hydrogens is 377 g/mol. The lowest BCUT2D eigenvalue weighted by atomic mass is 10.1. The molecule has 0 aromatic heterocycles. The summed E-state index contributed by atoms with van der Waals surface area (Å²) in [7, 11) is 0. The number of rotatable bonds is 6. The highest BCUT2D eigenvalue weighted by Crippen LogP contribution is 2.22. The van der Waals surface area contributed by atoms with Gasteiger partial charge >= 0.3 is 5.97 Å².